The van der Waals surface area contributed by atoms with Crippen LogP contribution in [0.3, 0.4) is 0 Å². The molecule has 2 nitrogen and oxygen atoms in total. The maximum Gasteiger partial charge on any atom is 0.159 e. The maximum absolute atomic E-state index is 5.91. The van der Waals surface area contributed by atoms with Crippen LogP contribution < -0.4 is 0 Å². The maximum atomic E-state index is 5.91. The highest BCUT2D eigenvalue weighted by atomic mass is 35.5. The van der Waals surface area contributed by atoms with Gasteiger partial charge in [0.1, 0.15) is 0 Å². The van der Waals surface area contributed by atoms with E-state index >= 15 is 0 Å². The van der Waals surface area contributed by atoms with Crippen LogP contribution in [-0.4, -0.2) is 28.9 Å². The lowest BCUT2D eigenvalue weighted by Crippen LogP contribution is -2.33. The first-order valence-corrected chi connectivity index (χ1v) is 6.90. The fraction of sp³-hybridized carbons (Fsp3) is 0.417. The molecule has 0 aromatic heterocycles. The number of aliphatic imine (C=N–C) groups is 1. The Labute approximate surface area is 105 Å². The quantitative estimate of drug-likeness (QED) is 0.763. The molecule has 0 N–H and O–H groups in total. The molecular weight excluding hydrogens is 240 g/mol. The van der Waals surface area contributed by atoms with Crippen molar-refractivity contribution in [1.82, 2.24) is 4.90 Å². The summed E-state index contributed by atoms with van der Waals surface area (Å²) >= 11 is 7.79. The molecule has 1 fully saturated rings. The van der Waals surface area contributed by atoms with E-state index in [-0.39, 0.29) is 0 Å². The first-order chi connectivity index (χ1) is 7.84. The zero-order valence-corrected chi connectivity index (χ0v) is 10.5. The van der Waals surface area contributed by atoms with Gasteiger partial charge in [-0.25, -0.2) is 0 Å². The van der Waals surface area contributed by atoms with Crippen LogP contribution in [0.1, 0.15) is 18.0 Å². The van der Waals surface area contributed by atoms with Crippen LogP contribution in [0.2, 0.25) is 5.02 Å². The lowest BCUT2D eigenvalue weighted by Gasteiger charge is -2.30. The Morgan fingerprint density at radius 2 is 2.12 bits per heavy atom. The normalized spacial score (nSPS) is 24.2. The molecule has 2 aliphatic rings. The second-order valence-corrected chi connectivity index (χ2v) is 5.58. The molecule has 1 aromatic carbocycles. The summed E-state index contributed by atoms with van der Waals surface area (Å²) in [4.78, 5) is 7.04. The van der Waals surface area contributed by atoms with Crippen molar-refractivity contribution < 1.29 is 0 Å². The molecule has 16 heavy (non-hydrogen) atoms. The van der Waals surface area contributed by atoms with Crippen molar-refractivity contribution in [2.45, 2.75) is 12.5 Å². The van der Waals surface area contributed by atoms with Crippen molar-refractivity contribution in [2.75, 3.05) is 18.8 Å². The summed E-state index contributed by atoms with van der Waals surface area (Å²) in [5, 5.41) is 2.03. The molecule has 0 amide bonds. The third-order valence-corrected chi connectivity index (χ3v) is 4.42. The van der Waals surface area contributed by atoms with Crippen LogP contribution >= 0.6 is 23.4 Å². The lowest BCUT2D eigenvalue weighted by molar-refractivity contribution is 0.353. The summed E-state index contributed by atoms with van der Waals surface area (Å²) < 4.78 is 0. The number of amidine groups is 1. The number of hydrogen-bond donors (Lipinski definition) is 0. The number of nitrogens with zero attached hydrogens (tertiary/aromatic N) is 2. The molecule has 2 aliphatic heterocycles. The Morgan fingerprint density at radius 3 is 2.94 bits per heavy atom. The highest BCUT2D eigenvalue weighted by Gasteiger charge is 2.30. The molecule has 4 heteroatoms. The monoisotopic (exact) mass is 252 g/mol. The third-order valence-electron chi connectivity index (χ3n) is 3.05. The summed E-state index contributed by atoms with van der Waals surface area (Å²) in [5.41, 5.74) is 1.32. The van der Waals surface area contributed by atoms with Crippen molar-refractivity contribution in [2.24, 2.45) is 4.99 Å². The minimum Gasteiger partial charge on any atom is -0.343 e. The Balaban J connectivity index is 1.84. The molecule has 84 valence electrons. The fourth-order valence-electron chi connectivity index (χ4n) is 2.24. The second kappa shape index (κ2) is 4.30. The van der Waals surface area contributed by atoms with E-state index in [1.807, 2.05) is 23.9 Å². The Kier molecular flexibility index (Phi) is 2.82. The number of hydrogen-bond acceptors (Lipinski definition) is 3. The van der Waals surface area contributed by atoms with E-state index in [0.717, 1.165) is 18.1 Å². The van der Waals surface area contributed by atoms with Crippen molar-refractivity contribution in [3.8, 4) is 0 Å². The predicted molar refractivity (Wildman–Crippen MR) is 70.3 cm³/mol. The third kappa shape index (κ3) is 1.82. The van der Waals surface area contributed by atoms with Crippen LogP contribution in [0.15, 0.2) is 29.3 Å². The molecule has 1 aromatic rings. The minimum atomic E-state index is 0.431. The first kappa shape index (κ1) is 10.5. The molecule has 1 saturated heterocycles. The van der Waals surface area contributed by atoms with E-state index in [9.17, 15) is 0 Å². The highest BCUT2D eigenvalue weighted by molar-refractivity contribution is 8.13. The van der Waals surface area contributed by atoms with Gasteiger partial charge in [-0.15, -0.1) is 0 Å². The fourth-order valence-corrected chi connectivity index (χ4v) is 3.37. The van der Waals surface area contributed by atoms with Crippen LogP contribution in [0, 0.1) is 0 Å². The largest absolute Gasteiger partial charge is 0.343 e. The summed E-state index contributed by atoms with van der Waals surface area (Å²) in [6, 6.07) is 8.59. The van der Waals surface area contributed by atoms with E-state index in [2.05, 4.69) is 22.0 Å². The molecule has 3 rings (SSSR count). The van der Waals surface area contributed by atoms with Gasteiger partial charge in [-0.3, -0.25) is 4.99 Å². The number of benzene rings is 1. The summed E-state index contributed by atoms with van der Waals surface area (Å²) in [7, 11) is 0. The molecular formula is C12H13ClN2S. The zero-order chi connectivity index (χ0) is 11.0. The Morgan fingerprint density at radius 1 is 1.31 bits per heavy atom. The van der Waals surface area contributed by atoms with Crippen molar-refractivity contribution in [1.29, 1.82) is 0 Å². The van der Waals surface area contributed by atoms with E-state index < -0.39 is 0 Å². The van der Waals surface area contributed by atoms with Gasteiger partial charge in [-0.2, -0.15) is 0 Å². The zero-order valence-electron chi connectivity index (χ0n) is 8.90. The molecule has 1 unspecified atom stereocenters. The van der Waals surface area contributed by atoms with Crippen LogP contribution in [-0.2, 0) is 0 Å². The van der Waals surface area contributed by atoms with E-state index in [1.165, 1.54) is 22.9 Å². The van der Waals surface area contributed by atoms with Crippen LogP contribution in [0.4, 0.5) is 0 Å². The Hall–Kier alpha value is -0.670. The van der Waals surface area contributed by atoms with Crippen LogP contribution in [0.5, 0.6) is 0 Å². The smallest absolute Gasteiger partial charge is 0.159 e. The van der Waals surface area contributed by atoms with Crippen molar-refractivity contribution in [3.05, 3.63) is 34.9 Å². The number of fused-ring (bicyclic) bond motifs is 1. The van der Waals surface area contributed by atoms with Gasteiger partial charge in [0.15, 0.2) is 5.17 Å². The van der Waals surface area contributed by atoms with Crippen LogP contribution in [0.25, 0.3) is 0 Å². The second-order valence-electron chi connectivity index (χ2n) is 4.09. The first-order valence-electron chi connectivity index (χ1n) is 5.54. The number of halogens is 1. The molecule has 0 spiro atoms. The van der Waals surface area contributed by atoms with Crippen molar-refractivity contribution in [3.63, 3.8) is 0 Å². The topological polar surface area (TPSA) is 15.6 Å². The summed E-state index contributed by atoms with van der Waals surface area (Å²) in [6.45, 7) is 2.03. The molecule has 0 radical (unpaired) electrons. The van der Waals surface area contributed by atoms with Gasteiger partial charge in [0.05, 0.1) is 12.6 Å². The van der Waals surface area contributed by atoms with Gasteiger partial charge in [-0.05, 0) is 24.1 Å². The summed E-state index contributed by atoms with van der Waals surface area (Å²) in [6.07, 6.45) is 1.26. The predicted octanol–water partition coefficient (Wildman–Crippen LogP) is 3.19. The SMILES string of the molecule is Clc1ccc(C2CN=C3SCCCN32)cc1. The average Bonchev–Trinajstić information content (AvgIpc) is 2.74. The van der Waals surface area contributed by atoms with Gasteiger partial charge in [-0.1, -0.05) is 35.5 Å². The van der Waals surface area contributed by atoms with Gasteiger partial charge < -0.3 is 4.90 Å². The Bertz CT molecular complexity index is 416. The number of rotatable bonds is 1. The molecule has 1 atom stereocenters. The van der Waals surface area contributed by atoms with Gasteiger partial charge in [0.2, 0.25) is 0 Å². The molecule has 2 heterocycles. The van der Waals surface area contributed by atoms with E-state index in [4.69, 9.17) is 11.6 Å². The van der Waals surface area contributed by atoms with E-state index in [0.29, 0.717) is 6.04 Å². The molecule has 0 bridgehead atoms. The van der Waals surface area contributed by atoms with Crippen molar-refractivity contribution >= 4 is 28.5 Å². The van der Waals surface area contributed by atoms with Gasteiger partial charge in [0, 0.05) is 17.3 Å². The highest BCUT2D eigenvalue weighted by Crippen LogP contribution is 2.33. The lowest BCUT2D eigenvalue weighted by atomic mass is 10.1. The average molecular weight is 253 g/mol. The molecule has 0 aliphatic carbocycles. The van der Waals surface area contributed by atoms with E-state index in [1.54, 1.807) is 0 Å². The standard InChI is InChI=1S/C12H13ClN2S/c13-10-4-2-9(3-5-10)11-8-14-12-15(11)6-1-7-16-12/h2-5,11H,1,6-8H2. The summed E-state index contributed by atoms with van der Waals surface area (Å²) in [5.74, 6) is 1.21. The minimum absolute atomic E-state index is 0.431. The number of thioether (sulfide) groups is 1. The van der Waals surface area contributed by atoms with Gasteiger partial charge in [0.25, 0.3) is 0 Å². The van der Waals surface area contributed by atoms with Gasteiger partial charge >= 0.3 is 0 Å². The molecule has 0 saturated carbocycles.